The van der Waals surface area contributed by atoms with Gasteiger partial charge < -0.3 is 10.6 Å². The molecule has 8 heteroatoms. The van der Waals surface area contributed by atoms with Crippen molar-refractivity contribution in [3.8, 4) is 0 Å². The van der Waals surface area contributed by atoms with Crippen LogP contribution in [0.3, 0.4) is 0 Å². The Bertz CT molecular complexity index is 1070. The molecule has 0 aliphatic heterocycles. The van der Waals surface area contributed by atoms with E-state index in [4.69, 9.17) is 11.6 Å². The highest BCUT2D eigenvalue weighted by Crippen LogP contribution is 2.61. The molecule has 5 rings (SSSR count). The molecule has 3 aliphatic carbocycles. The molecule has 0 saturated heterocycles. The van der Waals surface area contributed by atoms with E-state index in [1.165, 1.54) is 11.1 Å². The maximum atomic E-state index is 12.8. The minimum absolute atomic E-state index is 0.145. The van der Waals surface area contributed by atoms with E-state index in [0.29, 0.717) is 38.5 Å². The predicted octanol–water partition coefficient (Wildman–Crippen LogP) is 5.02. The Morgan fingerprint density at radius 3 is 2.62 bits per heavy atom. The maximum Gasteiger partial charge on any atom is 0.283 e. The molecule has 0 spiro atoms. The lowest BCUT2D eigenvalue weighted by Gasteiger charge is -2.62. The lowest BCUT2D eigenvalue weighted by atomic mass is 9.45. The fourth-order valence-corrected chi connectivity index (χ4v) is 6.02. The second-order valence-corrected chi connectivity index (χ2v) is 11.1. The molecule has 2 aromatic rings. The molecule has 2 N–H and O–H groups in total. The largest absolute Gasteiger partial charge is 0.380 e. The smallest absolute Gasteiger partial charge is 0.283 e. The zero-order valence-corrected chi connectivity index (χ0v) is 21.2. The van der Waals surface area contributed by atoms with Crippen LogP contribution in [0, 0.1) is 23.2 Å². The van der Waals surface area contributed by atoms with E-state index in [1.54, 1.807) is 18.3 Å². The molecular weight excluding hydrogens is 492 g/mol. The number of carbonyl (C=O) groups is 1. The normalized spacial score (nSPS) is 26.7. The summed E-state index contributed by atoms with van der Waals surface area (Å²) >= 11 is 9.35. The minimum atomic E-state index is -0.321. The van der Waals surface area contributed by atoms with Crippen molar-refractivity contribution in [3.05, 3.63) is 55.9 Å². The van der Waals surface area contributed by atoms with E-state index < -0.39 is 0 Å². The number of amides is 1. The van der Waals surface area contributed by atoms with Crippen molar-refractivity contribution in [1.29, 1.82) is 0 Å². The molecular formula is C24H30BrClN4O2. The summed E-state index contributed by atoms with van der Waals surface area (Å²) in [6.07, 6.45) is 4.04. The summed E-state index contributed by atoms with van der Waals surface area (Å²) in [5.41, 5.74) is 1.72. The van der Waals surface area contributed by atoms with Crippen LogP contribution in [0.4, 0.5) is 5.69 Å². The van der Waals surface area contributed by atoms with E-state index in [-0.39, 0.29) is 24.1 Å². The summed E-state index contributed by atoms with van der Waals surface area (Å²) in [7, 11) is 0. The predicted molar refractivity (Wildman–Crippen MR) is 131 cm³/mol. The van der Waals surface area contributed by atoms with Crippen molar-refractivity contribution in [2.45, 2.75) is 59.2 Å². The number of fused-ring (bicyclic) bond motifs is 2. The van der Waals surface area contributed by atoms with E-state index >= 15 is 0 Å². The number of rotatable bonds is 6. The van der Waals surface area contributed by atoms with Gasteiger partial charge in [-0.1, -0.05) is 44.5 Å². The molecule has 172 valence electrons. The molecule has 1 heterocycles. The highest BCUT2D eigenvalue weighted by atomic mass is 79.9. The van der Waals surface area contributed by atoms with Crippen LogP contribution in [0.15, 0.2) is 39.7 Å². The first-order valence-electron chi connectivity index (χ1n) is 11.1. The van der Waals surface area contributed by atoms with Gasteiger partial charge in [0, 0.05) is 11.1 Å². The Morgan fingerprint density at radius 1 is 1.31 bits per heavy atom. The van der Waals surface area contributed by atoms with Gasteiger partial charge in [-0.2, -0.15) is 5.10 Å². The number of aromatic nitrogens is 2. The first kappa shape index (κ1) is 23.3. The van der Waals surface area contributed by atoms with Crippen molar-refractivity contribution < 1.29 is 4.79 Å². The molecule has 1 aromatic heterocycles. The fraction of sp³-hybridized carbons (Fsp3) is 0.542. The van der Waals surface area contributed by atoms with Gasteiger partial charge >= 0.3 is 0 Å². The monoisotopic (exact) mass is 520 g/mol. The topological polar surface area (TPSA) is 76.0 Å². The molecule has 1 amide bonds. The summed E-state index contributed by atoms with van der Waals surface area (Å²) in [5.74, 6) is 1.68. The van der Waals surface area contributed by atoms with Crippen molar-refractivity contribution in [1.82, 2.24) is 15.1 Å². The van der Waals surface area contributed by atoms with Crippen LogP contribution in [0.1, 0.15) is 52.1 Å². The van der Waals surface area contributed by atoms with Crippen molar-refractivity contribution in [2.75, 3.05) is 5.32 Å². The number of anilines is 1. The number of hydrogen-bond donors (Lipinski definition) is 2. The molecule has 6 nitrogen and oxygen atoms in total. The lowest BCUT2D eigenvalue weighted by Crippen LogP contribution is -2.58. The first-order chi connectivity index (χ1) is 15.1. The number of carbonyl (C=O) groups excluding carboxylic acids is 1. The molecule has 1 unspecified atom stereocenters. The second kappa shape index (κ2) is 8.82. The van der Waals surface area contributed by atoms with E-state index in [9.17, 15) is 9.59 Å². The zero-order valence-electron chi connectivity index (χ0n) is 18.9. The van der Waals surface area contributed by atoms with E-state index in [0.717, 1.165) is 17.9 Å². The Labute approximate surface area is 202 Å². The number of nitrogens with zero attached hydrogens (tertiary/aromatic N) is 2. The zero-order chi connectivity index (χ0) is 23.2. The van der Waals surface area contributed by atoms with Crippen molar-refractivity contribution >= 4 is 39.1 Å². The molecule has 3 fully saturated rings. The first-order valence-corrected chi connectivity index (χ1v) is 12.3. The van der Waals surface area contributed by atoms with Crippen LogP contribution in [0.2, 0.25) is 5.02 Å². The van der Waals surface area contributed by atoms with Crippen LogP contribution in [0.25, 0.3) is 0 Å². The van der Waals surface area contributed by atoms with E-state index in [1.807, 2.05) is 19.1 Å². The van der Waals surface area contributed by atoms with Gasteiger partial charge in [0.25, 0.3) is 5.56 Å². The molecule has 5 atom stereocenters. The maximum absolute atomic E-state index is 12.8. The molecule has 3 aliphatic rings. The average molecular weight is 522 g/mol. The van der Waals surface area contributed by atoms with Gasteiger partial charge in [-0.05, 0) is 76.6 Å². The number of nitrogens with one attached hydrogen (secondary N) is 2. The third kappa shape index (κ3) is 4.34. The SMILES string of the molecule is CC(NC(=O)Cn1ncc(N[C@@H]2C[C@@H]3C[C@H]([C@H]2C)C3(C)C)c(Br)c1=O)c1ccc(Cl)cc1. The Balaban J connectivity index is 1.40. The average Bonchev–Trinajstić information content (AvgIpc) is 2.74. The molecule has 3 saturated carbocycles. The minimum Gasteiger partial charge on any atom is -0.380 e. The van der Waals surface area contributed by atoms with Gasteiger partial charge in [0.15, 0.2) is 0 Å². The summed E-state index contributed by atoms with van der Waals surface area (Å²) in [6.45, 7) is 8.78. The Hall–Kier alpha value is -1.86. The highest BCUT2D eigenvalue weighted by Gasteiger charge is 2.56. The molecule has 2 bridgehead atoms. The lowest BCUT2D eigenvalue weighted by molar-refractivity contribution is -0.122. The Kier molecular flexibility index (Phi) is 6.43. The van der Waals surface area contributed by atoms with Crippen LogP contribution < -0.4 is 16.2 Å². The quantitative estimate of drug-likeness (QED) is 0.560. The number of halogens is 2. The van der Waals surface area contributed by atoms with Crippen molar-refractivity contribution in [3.63, 3.8) is 0 Å². The number of hydrogen-bond acceptors (Lipinski definition) is 4. The second-order valence-electron chi connectivity index (χ2n) is 9.88. The third-order valence-electron chi connectivity index (χ3n) is 7.72. The molecule has 32 heavy (non-hydrogen) atoms. The highest BCUT2D eigenvalue weighted by molar-refractivity contribution is 9.10. The van der Waals surface area contributed by atoms with Crippen LogP contribution in [-0.4, -0.2) is 21.7 Å². The van der Waals surface area contributed by atoms with Crippen LogP contribution >= 0.6 is 27.5 Å². The van der Waals surface area contributed by atoms with Gasteiger partial charge in [0.05, 0.1) is 17.9 Å². The van der Waals surface area contributed by atoms with Gasteiger partial charge in [0.1, 0.15) is 11.0 Å². The summed E-state index contributed by atoms with van der Waals surface area (Å²) < 4.78 is 1.60. The Morgan fingerprint density at radius 2 is 2.00 bits per heavy atom. The number of benzene rings is 1. The summed E-state index contributed by atoms with van der Waals surface area (Å²) in [5, 5.41) is 11.3. The standard InChI is InChI=1S/C24H30BrClN4O2/c1-13-18-9-16(24(18,3)4)10-19(13)29-20-11-27-30(23(32)22(20)25)12-21(31)28-14(2)15-5-7-17(26)8-6-15/h5-8,11,13-14,16,18-19,29H,9-10,12H2,1-4H3,(H,28,31)/t13-,14?,16+,18-,19-/m1/s1. The van der Waals surface area contributed by atoms with Gasteiger partial charge in [-0.3, -0.25) is 9.59 Å². The van der Waals surface area contributed by atoms with Crippen LogP contribution in [-0.2, 0) is 11.3 Å². The van der Waals surface area contributed by atoms with Gasteiger partial charge in [0.2, 0.25) is 5.91 Å². The van der Waals surface area contributed by atoms with Gasteiger partial charge in [-0.15, -0.1) is 0 Å². The van der Waals surface area contributed by atoms with Gasteiger partial charge in [-0.25, -0.2) is 4.68 Å². The summed E-state index contributed by atoms with van der Waals surface area (Å²) in [6, 6.07) is 7.42. The van der Waals surface area contributed by atoms with Crippen molar-refractivity contribution in [2.24, 2.45) is 23.2 Å². The summed E-state index contributed by atoms with van der Waals surface area (Å²) in [4.78, 5) is 25.3. The van der Waals surface area contributed by atoms with E-state index in [2.05, 4.69) is 52.4 Å². The fourth-order valence-electron chi connectivity index (χ4n) is 5.48. The van der Waals surface area contributed by atoms with Crippen LogP contribution in [0.5, 0.6) is 0 Å². The molecule has 0 radical (unpaired) electrons. The molecule has 1 aromatic carbocycles. The third-order valence-corrected chi connectivity index (χ3v) is 8.74.